The number of rotatable bonds is 6. The van der Waals surface area contributed by atoms with Crippen LogP contribution in [-0.4, -0.2) is 46.4 Å². The molecule has 2 aromatic rings. The molecule has 1 aliphatic heterocycles. The second kappa shape index (κ2) is 9.51. The summed E-state index contributed by atoms with van der Waals surface area (Å²) in [6.45, 7) is -0.343. The van der Waals surface area contributed by atoms with Gasteiger partial charge in [-0.05, 0) is 42.7 Å². The second-order valence-corrected chi connectivity index (χ2v) is 10.4. The van der Waals surface area contributed by atoms with Crippen molar-refractivity contribution < 1.29 is 35.5 Å². The summed E-state index contributed by atoms with van der Waals surface area (Å²) in [7, 11) is -2.45. The van der Waals surface area contributed by atoms with E-state index in [2.05, 4.69) is 4.74 Å². The van der Waals surface area contributed by atoms with E-state index in [0.29, 0.717) is 0 Å². The van der Waals surface area contributed by atoms with Crippen LogP contribution in [0.3, 0.4) is 0 Å². The first-order valence-corrected chi connectivity index (χ1v) is 12.1. The Morgan fingerprint density at radius 2 is 2.00 bits per heavy atom. The van der Waals surface area contributed by atoms with Crippen molar-refractivity contribution in [3.63, 3.8) is 0 Å². The molecule has 1 aliphatic rings. The van der Waals surface area contributed by atoms with Crippen LogP contribution in [0.15, 0.2) is 42.5 Å². The van der Waals surface area contributed by atoms with Crippen LogP contribution in [0.2, 0.25) is 0 Å². The molecule has 3 atom stereocenters. The standard InChI is InChI=1S/C20H21F2NO6S2/c1-29-20(24)14-5-6-15(18(22)10-14)12-23(30(25)26)17-7-8-31(27,28)19(11-17)13-3-2-4-16(21)9-13/h2-6,9-10,17,19H,7-8,11-12H2,1H3,(H,25,26)/p-1. The molecule has 0 bridgehead atoms. The Bertz CT molecular complexity index is 1110. The van der Waals surface area contributed by atoms with Crippen molar-refractivity contribution in [1.82, 2.24) is 4.31 Å². The van der Waals surface area contributed by atoms with E-state index in [-0.39, 0.29) is 41.8 Å². The number of benzene rings is 2. The Labute approximate surface area is 181 Å². The molecule has 168 valence electrons. The van der Waals surface area contributed by atoms with Crippen molar-refractivity contribution in [2.24, 2.45) is 0 Å². The van der Waals surface area contributed by atoms with E-state index in [4.69, 9.17) is 0 Å². The molecule has 3 unspecified atom stereocenters. The van der Waals surface area contributed by atoms with Crippen LogP contribution >= 0.6 is 0 Å². The Kier molecular flexibility index (Phi) is 7.20. The van der Waals surface area contributed by atoms with Crippen molar-refractivity contribution in [1.29, 1.82) is 0 Å². The Morgan fingerprint density at radius 1 is 1.26 bits per heavy atom. The lowest BCUT2D eigenvalue weighted by Gasteiger charge is -2.38. The number of carbonyl (C=O) groups excluding carboxylic acids is 1. The number of halogens is 2. The van der Waals surface area contributed by atoms with E-state index in [1.165, 1.54) is 30.3 Å². The highest BCUT2D eigenvalue weighted by atomic mass is 32.2. The molecule has 0 amide bonds. The topological polar surface area (TPSA) is 104 Å². The number of nitrogens with zero attached hydrogens (tertiary/aromatic N) is 1. The third kappa shape index (κ3) is 5.35. The normalized spacial score (nSPS) is 21.6. The lowest BCUT2D eigenvalue weighted by Crippen LogP contribution is -2.43. The first-order chi connectivity index (χ1) is 14.6. The van der Waals surface area contributed by atoms with Gasteiger partial charge in [-0.25, -0.2) is 26.3 Å². The minimum Gasteiger partial charge on any atom is -0.760 e. The van der Waals surface area contributed by atoms with Crippen molar-refractivity contribution >= 4 is 27.1 Å². The van der Waals surface area contributed by atoms with Gasteiger partial charge in [0.25, 0.3) is 0 Å². The van der Waals surface area contributed by atoms with Gasteiger partial charge in [0.15, 0.2) is 9.84 Å². The molecule has 0 saturated carbocycles. The van der Waals surface area contributed by atoms with E-state index in [9.17, 15) is 30.8 Å². The van der Waals surface area contributed by atoms with Gasteiger partial charge < -0.3 is 9.29 Å². The van der Waals surface area contributed by atoms with Crippen molar-refractivity contribution in [2.75, 3.05) is 12.9 Å². The minimum absolute atomic E-state index is 0.0199. The van der Waals surface area contributed by atoms with E-state index >= 15 is 0 Å². The van der Waals surface area contributed by atoms with Crippen LogP contribution < -0.4 is 0 Å². The fourth-order valence-corrected chi connectivity index (χ4v) is 6.30. The highest BCUT2D eigenvalue weighted by molar-refractivity contribution is 7.91. The van der Waals surface area contributed by atoms with Gasteiger partial charge in [-0.1, -0.05) is 18.2 Å². The van der Waals surface area contributed by atoms with Crippen molar-refractivity contribution in [2.45, 2.75) is 30.7 Å². The molecule has 2 aromatic carbocycles. The largest absolute Gasteiger partial charge is 0.760 e. The fraction of sp³-hybridized carbons (Fsp3) is 0.350. The predicted molar refractivity (Wildman–Crippen MR) is 108 cm³/mol. The molecule has 11 heteroatoms. The summed E-state index contributed by atoms with van der Waals surface area (Å²) in [5, 5.41) is -1.07. The molecule has 0 radical (unpaired) electrons. The molecular weight excluding hydrogens is 452 g/mol. The molecule has 0 aromatic heterocycles. The highest BCUT2D eigenvalue weighted by Crippen LogP contribution is 2.36. The summed E-state index contributed by atoms with van der Waals surface area (Å²) in [6.07, 6.45) is -0.0500. The zero-order chi connectivity index (χ0) is 22.8. The molecule has 0 N–H and O–H groups in total. The SMILES string of the molecule is COC(=O)c1ccc(CN(C2CCS(=O)(=O)C(c3cccc(F)c3)C2)S(=O)[O-])c(F)c1. The average molecular weight is 473 g/mol. The van der Waals surface area contributed by atoms with E-state index in [1.807, 2.05) is 0 Å². The molecule has 0 spiro atoms. The van der Waals surface area contributed by atoms with Gasteiger partial charge in [-0.3, -0.25) is 4.21 Å². The van der Waals surface area contributed by atoms with Crippen LogP contribution in [0, 0.1) is 11.6 Å². The van der Waals surface area contributed by atoms with Crippen LogP contribution in [-0.2, 0) is 32.4 Å². The van der Waals surface area contributed by atoms with Crippen LogP contribution in [0.25, 0.3) is 0 Å². The molecule has 3 rings (SSSR count). The molecule has 1 saturated heterocycles. The third-order valence-electron chi connectivity index (χ3n) is 5.27. The zero-order valence-corrected chi connectivity index (χ0v) is 18.1. The molecule has 31 heavy (non-hydrogen) atoms. The van der Waals surface area contributed by atoms with Gasteiger partial charge in [0.2, 0.25) is 0 Å². The summed E-state index contributed by atoms with van der Waals surface area (Å²) in [6, 6.07) is 8.01. The number of esters is 1. The zero-order valence-electron chi connectivity index (χ0n) is 16.5. The quantitative estimate of drug-likeness (QED) is 0.473. The number of hydrogen-bond donors (Lipinski definition) is 0. The lowest BCUT2D eigenvalue weighted by atomic mass is 10.0. The van der Waals surface area contributed by atoms with Gasteiger partial charge >= 0.3 is 5.97 Å². The average Bonchev–Trinajstić information content (AvgIpc) is 2.72. The summed E-state index contributed by atoms with van der Waals surface area (Å²) in [5.41, 5.74) is 0.246. The Morgan fingerprint density at radius 3 is 2.61 bits per heavy atom. The number of sulfone groups is 1. The fourth-order valence-electron chi connectivity index (χ4n) is 3.66. The van der Waals surface area contributed by atoms with Crippen LogP contribution in [0.1, 0.15) is 39.6 Å². The number of ether oxygens (including phenoxy) is 1. The van der Waals surface area contributed by atoms with E-state index in [1.54, 1.807) is 0 Å². The molecule has 7 nitrogen and oxygen atoms in total. The molecular formula is C20H20F2NO6S2-. The molecule has 0 aliphatic carbocycles. The molecule has 1 heterocycles. The first-order valence-electron chi connectivity index (χ1n) is 9.32. The number of hydrogen-bond acceptors (Lipinski definition) is 6. The predicted octanol–water partition coefficient (Wildman–Crippen LogP) is 2.67. The maximum atomic E-state index is 14.5. The minimum atomic E-state index is -3.60. The summed E-state index contributed by atoms with van der Waals surface area (Å²) >= 11 is -2.77. The monoisotopic (exact) mass is 472 g/mol. The smallest absolute Gasteiger partial charge is 0.337 e. The second-order valence-electron chi connectivity index (χ2n) is 7.18. The summed E-state index contributed by atoms with van der Waals surface area (Å²) in [4.78, 5) is 11.5. The maximum Gasteiger partial charge on any atom is 0.337 e. The Hall–Kier alpha value is -2.21. The van der Waals surface area contributed by atoms with Gasteiger partial charge in [-0.15, -0.1) is 0 Å². The van der Waals surface area contributed by atoms with Crippen molar-refractivity contribution in [3.8, 4) is 0 Å². The van der Waals surface area contributed by atoms with E-state index < -0.39 is 50.0 Å². The third-order valence-corrected chi connectivity index (χ3v) is 8.22. The lowest BCUT2D eigenvalue weighted by molar-refractivity contribution is 0.0600. The number of carbonyl (C=O) groups is 1. The summed E-state index contributed by atoms with van der Waals surface area (Å²) < 4.78 is 82.6. The summed E-state index contributed by atoms with van der Waals surface area (Å²) in [5.74, 6) is -2.39. The van der Waals surface area contributed by atoms with Gasteiger partial charge in [-0.2, -0.15) is 0 Å². The van der Waals surface area contributed by atoms with Crippen LogP contribution in [0.5, 0.6) is 0 Å². The number of methoxy groups -OCH3 is 1. The van der Waals surface area contributed by atoms with Gasteiger partial charge in [0.1, 0.15) is 11.6 Å². The van der Waals surface area contributed by atoms with Gasteiger partial charge in [0.05, 0.1) is 23.7 Å². The van der Waals surface area contributed by atoms with E-state index in [0.717, 1.165) is 23.5 Å². The van der Waals surface area contributed by atoms with Crippen LogP contribution in [0.4, 0.5) is 8.78 Å². The Balaban J connectivity index is 1.86. The highest BCUT2D eigenvalue weighted by Gasteiger charge is 2.38. The maximum absolute atomic E-state index is 14.5. The van der Waals surface area contributed by atoms with Gasteiger partial charge in [0, 0.05) is 29.4 Å². The van der Waals surface area contributed by atoms with Crippen molar-refractivity contribution in [3.05, 3.63) is 70.8 Å². The molecule has 1 fully saturated rings. The first kappa shape index (κ1) is 23.5.